The van der Waals surface area contributed by atoms with E-state index in [0.717, 1.165) is 37.6 Å². The molecule has 0 aliphatic carbocycles. The van der Waals surface area contributed by atoms with Gasteiger partial charge >= 0.3 is 0 Å². The highest BCUT2D eigenvalue weighted by Crippen LogP contribution is 2.25. The number of benzene rings is 1. The molecule has 4 nitrogen and oxygen atoms in total. The quantitative estimate of drug-likeness (QED) is 0.911. The summed E-state index contributed by atoms with van der Waals surface area (Å²) in [6.45, 7) is 4.84. The van der Waals surface area contributed by atoms with E-state index in [-0.39, 0.29) is 0 Å². The predicted octanol–water partition coefficient (Wildman–Crippen LogP) is 3.11. The van der Waals surface area contributed by atoms with Crippen LogP contribution in [0.15, 0.2) is 54.2 Å². The van der Waals surface area contributed by atoms with Crippen LogP contribution in [-0.2, 0) is 6.54 Å². The molecule has 0 bridgehead atoms. The van der Waals surface area contributed by atoms with Gasteiger partial charge in [0, 0.05) is 44.0 Å². The third-order valence-electron chi connectivity index (χ3n) is 5.01. The highest BCUT2D eigenvalue weighted by Gasteiger charge is 2.20. The predicted molar refractivity (Wildman–Crippen MR) is 100 cm³/mol. The maximum absolute atomic E-state index is 5.84. The number of ether oxygens (including phenoxy) is 1. The van der Waals surface area contributed by atoms with E-state index in [1.165, 1.54) is 24.0 Å². The first kappa shape index (κ1) is 16.3. The zero-order valence-corrected chi connectivity index (χ0v) is 14.5. The van der Waals surface area contributed by atoms with Crippen LogP contribution < -0.4 is 10.1 Å². The summed E-state index contributed by atoms with van der Waals surface area (Å²) in [7, 11) is 0. The summed E-state index contributed by atoms with van der Waals surface area (Å²) in [5.74, 6) is 0.995. The first-order valence-electron chi connectivity index (χ1n) is 9.14. The molecule has 1 aromatic carbocycles. The van der Waals surface area contributed by atoms with Gasteiger partial charge in [0.25, 0.3) is 0 Å². The van der Waals surface area contributed by atoms with Gasteiger partial charge in [-0.3, -0.25) is 9.88 Å². The van der Waals surface area contributed by atoms with Crippen molar-refractivity contribution in [2.24, 2.45) is 0 Å². The summed E-state index contributed by atoms with van der Waals surface area (Å²) in [5, 5.41) is 3.72. The molecule has 0 atom stereocenters. The van der Waals surface area contributed by atoms with E-state index in [4.69, 9.17) is 4.74 Å². The SMILES string of the molecule is C1=C(CNC2CCN(Cc3ccccn3)CC2)COc2ccccc21. The minimum atomic E-state index is 0.595. The number of aromatic nitrogens is 1. The number of nitrogens with one attached hydrogen (secondary N) is 1. The zero-order valence-electron chi connectivity index (χ0n) is 14.5. The van der Waals surface area contributed by atoms with E-state index in [2.05, 4.69) is 45.5 Å². The first-order valence-corrected chi connectivity index (χ1v) is 9.14. The van der Waals surface area contributed by atoms with Crippen molar-refractivity contribution < 1.29 is 4.74 Å². The normalized spacial score (nSPS) is 18.3. The highest BCUT2D eigenvalue weighted by atomic mass is 16.5. The monoisotopic (exact) mass is 335 g/mol. The van der Waals surface area contributed by atoms with E-state index in [0.29, 0.717) is 12.6 Å². The summed E-state index contributed by atoms with van der Waals surface area (Å²) in [6, 6.07) is 15.0. The Morgan fingerprint density at radius 3 is 2.76 bits per heavy atom. The molecular weight excluding hydrogens is 310 g/mol. The number of likely N-dealkylation sites (tertiary alicyclic amines) is 1. The van der Waals surface area contributed by atoms with Gasteiger partial charge in [-0.05, 0) is 42.7 Å². The third kappa shape index (κ3) is 4.27. The van der Waals surface area contributed by atoms with Crippen LogP contribution in [0.5, 0.6) is 5.75 Å². The van der Waals surface area contributed by atoms with Gasteiger partial charge in [-0.2, -0.15) is 0 Å². The molecule has 25 heavy (non-hydrogen) atoms. The molecule has 2 aromatic rings. The molecule has 1 aromatic heterocycles. The van der Waals surface area contributed by atoms with Gasteiger partial charge in [-0.1, -0.05) is 24.3 Å². The number of pyridine rings is 1. The molecule has 1 saturated heterocycles. The molecule has 0 radical (unpaired) electrons. The summed E-state index contributed by atoms with van der Waals surface area (Å²) < 4.78 is 5.84. The van der Waals surface area contributed by atoms with Crippen molar-refractivity contribution in [1.29, 1.82) is 0 Å². The largest absolute Gasteiger partial charge is 0.489 e. The molecule has 130 valence electrons. The molecule has 2 aliphatic heterocycles. The summed E-state index contributed by atoms with van der Waals surface area (Å²) in [6.07, 6.45) is 6.53. The minimum absolute atomic E-state index is 0.595. The van der Waals surface area contributed by atoms with Crippen molar-refractivity contribution >= 4 is 6.08 Å². The first-order chi connectivity index (χ1) is 12.4. The maximum Gasteiger partial charge on any atom is 0.127 e. The number of rotatable bonds is 5. The van der Waals surface area contributed by atoms with Crippen LogP contribution in [0.1, 0.15) is 24.1 Å². The molecule has 4 heteroatoms. The lowest BCUT2D eigenvalue weighted by Crippen LogP contribution is -2.43. The lowest BCUT2D eigenvalue weighted by atomic mass is 10.0. The molecule has 4 rings (SSSR count). The van der Waals surface area contributed by atoms with Crippen molar-refractivity contribution in [1.82, 2.24) is 15.2 Å². The molecule has 0 amide bonds. The highest BCUT2D eigenvalue weighted by molar-refractivity contribution is 5.62. The Labute approximate surface area is 149 Å². The van der Waals surface area contributed by atoms with Crippen LogP contribution in [0, 0.1) is 0 Å². The van der Waals surface area contributed by atoms with E-state index < -0.39 is 0 Å². The van der Waals surface area contributed by atoms with Crippen molar-refractivity contribution in [2.75, 3.05) is 26.2 Å². The second-order valence-electron chi connectivity index (χ2n) is 6.88. The Hall–Kier alpha value is -2.17. The molecule has 0 spiro atoms. The van der Waals surface area contributed by atoms with Crippen LogP contribution >= 0.6 is 0 Å². The van der Waals surface area contributed by atoms with Gasteiger partial charge in [0.1, 0.15) is 12.4 Å². The van der Waals surface area contributed by atoms with Gasteiger partial charge in [0.15, 0.2) is 0 Å². The van der Waals surface area contributed by atoms with Gasteiger partial charge < -0.3 is 10.1 Å². The average molecular weight is 335 g/mol. The fourth-order valence-corrected chi connectivity index (χ4v) is 3.56. The van der Waals surface area contributed by atoms with Crippen LogP contribution in [0.4, 0.5) is 0 Å². The molecule has 2 aliphatic rings. The number of para-hydroxylation sites is 1. The van der Waals surface area contributed by atoms with Gasteiger partial charge in [-0.25, -0.2) is 0 Å². The lowest BCUT2D eigenvalue weighted by molar-refractivity contribution is 0.190. The van der Waals surface area contributed by atoms with Crippen LogP contribution in [-0.4, -0.2) is 42.2 Å². The molecule has 0 unspecified atom stereocenters. The van der Waals surface area contributed by atoms with Crippen molar-refractivity contribution in [2.45, 2.75) is 25.4 Å². The van der Waals surface area contributed by atoms with E-state index in [1.807, 2.05) is 24.4 Å². The van der Waals surface area contributed by atoms with Crippen LogP contribution in [0.2, 0.25) is 0 Å². The van der Waals surface area contributed by atoms with Crippen molar-refractivity contribution in [3.8, 4) is 5.75 Å². The Morgan fingerprint density at radius 2 is 1.92 bits per heavy atom. The van der Waals surface area contributed by atoms with E-state index in [1.54, 1.807) is 0 Å². The van der Waals surface area contributed by atoms with E-state index in [9.17, 15) is 0 Å². The molecule has 1 fully saturated rings. The van der Waals surface area contributed by atoms with Crippen molar-refractivity contribution in [3.63, 3.8) is 0 Å². The second-order valence-corrected chi connectivity index (χ2v) is 6.88. The smallest absolute Gasteiger partial charge is 0.127 e. The molecule has 0 saturated carbocycles. The zero-order chi connectivity index (χ0) is 16.9. The Balaban J connectivity index is 1.24. The third-order valence-corrected chi connectivity index (χ3v) is 5.01. The Bertz CT molecular complexity index is 721. The number of hydrogen-bond acceptors (Lipinski definition) is 4. The average Bonchev–Trinajstić information content (AvgIpc) is 2.68. The number of nitrogens with zero attached hydrogens (tertiary/aromatic N) is 2. The number of fused-ring (bicyclic) bond motifs is 1. The van der Waals surface area contributed by atoms with Crippen molar-refractivity contribution in [3.05, 3.63) is 65.5 Å². The maximum atomic E-state index is 5.84. The molecular formula is C21H25N3O. The molecule has 3 heterocycles. The van der Waals surface area contributed by atoms with Gasteiger partial charge in [0.2, 0.25) is 0 Å². The Kier molecular flexibility index (Phi) is 5.09. The fourth-order valence-electron chi connectivity index (χ4n) is 3.56. The van der Waals surface area contributed by atoms with Crippen LogP contribution in [0.3, 0.4) is 0 Å². The summed E-state index contributed by atoms with van der Waals surface area (Å²) in [4.78, 5) is 6.93. The standard InChI is InChI=1S/C21H25N3O/c1-2-7-21-18(5-1)13-17(16-25-21)14-23-19-8-11-24(12-9-19)15-20-6-3-4-10-22-20/h1-7,10,13,19,23H,8-9,11-12,14-16H2. The molecule has 1 N–H and O–H groups in total. The van der Waals surface area contributed by atoms with E-state index >= 15 is 0 Å². The van der Waals surface area contributed by atoms with Gasteiger partial charge in [0.05, 0.1) is 5.69 Å². The summed E-state index contributed by atoms with van der Waals surface area (Å²) in [5.41, 5.74) is 3.68. The van der Waals surface area contributed by atoms with Crippen LogP contribution in [0.25, 0.3) is 6.08 Å². The summed E-state index contributed by atoms with van der Waals surface area (Å²) >= 11 is 0. The fraction of sp³-hybridized carbons (Fsp3) is 0.381. The number of piperidine rings is 1. The minimum Gasteiger partial charge on any atom is -0.489 e. The number of hydrogen-bond donors (Lipinski definition) is 1. The Morgan fingerprint density at radius 1 is 1.08 bits per heavy atom. The lowest BCUT2D eigenvalue weighted by Gasteiger charge is -2.32. The van der Waals surface area contributed by atoms with Gasteiger partial charge in [-0.15, -0.1) is 0 Å². The topological polar surface area (TPSA) is 37.4 Å². The second kappa shape index (κ2) is 7.81.